The first-order chi connectivity index (χ1) is 20.1. The number of aliphatic hydroxyl groups is 2. The van der Waals surface area contributed by atoms with Gasteiger partial charge in [-0.25, -0.2) is 0 Å². The van der Waals surface area contributed by atoms with Crippen molar-refractivity contribution in [3.8, 4) is 0 Å². The summed E-state index contributed by atoms with van der Waals surface area (Å²) in [6.07, 6.45) is 34.4. The Morgan fingerprint density at radius 2 is 0.659 bits per heavy atom. The summed E-state index contributed by atoms with van der Waals surface area (Å²) in [6, 6.07) is 0. The number of hydrogen-bond donors (Lipinski definition) is 2. The van der Waals surface area contributed by atoms with Gasteiger partial charge in [-0.05, 0) is 90.8 Å². The lowest BCUT2D eigenvalue weighted by Gasteiger charge is -2.53. The quantitative estimate of drug-likeness (QED) is 0.321. The Balaban J connectivity index is 1.25. The van der Waals surface area contributed by atoms with Gasteiger partial charge in [-0.1, -0.05) is 142 Å². The van der Waals surface area contributed by atoms with Gasteiger partial charge in [-0.2, -0.15) is 0 Å². The summed E-state index contributed by atoms with van der Waals surface area (Å²) in [6.45, 7) is 2.52. The molecule has 4 atom stereocenters. The van der Waals surface area contributed by atoms with Gasteiger partial charge in [-0.15, -0.1) is 0 Å². The molecule has 236 valence electrons. The lowest BCUT2D eigenvalue weighted by Crippen LogP contribution is -2.49. The molecule has 0 heterocycles. The van der Waals surface area contributed by atoms with Crippen molar-refractivity contribution in [1.82, 2.24) is 0 Å². The Morgan fingerprint density at radius 1 is 0.415 bits per heavy atom. The largest absolute Gasteiger partial charge is 0.393 e. The van der Waals surface area contributed by atoms with E-state index in [0.717, 1.165) is 41.4 Å². The van der Waals surface area contributed by atoms with Crippen LogP contribution < -0.4 is 0 Å². The van der Waals surface area contributed by atoms with E-state index in [4.69, 9.17) is 0 Å². The highest BCUT2D eigenvalue weighted by Crippen LogP contribution is 2.55. The van der Waals surface area contributed by atoms with Crippen LogP contribution in [0.1, 0.15) is 167 Å². The molecule has 6 saturated carbocycles. The van der Waals surface area contributed by atoms with E-state index in [1.54, 1.807) is 0 Å². The van der Waals surface area contributed by atoms with Gasteiger partial charge >= 0.3 is 0 Å². The SMILES string of the molecule is CCC(C1CC(C2CCCCC2)C(O)C(C2CCCCC2)C1)C1CC(C2CCCCC2)C(O)C(C2CCCCC2)C1. The van der Waals surface area contributed by atoms with Gasteiger partial charge in [-0.3, -0.25) is 0 Å². The Bertz CT molecular complexity index is 638. The van der Waals surface area contributed by atoms with Crippen molar-refractivity contribution in [3.63, 3.8) is 0 Å². The molecule has 6 aliphatic carbocycles. The number of aliphatic hydroxyl groups excluding tert-OH is 2. The van der Waals surface area contributed by atoms with Crippen LogP contribution in [0.5, 0.6) is 0 Å². The molecule has 6 aliphatic rings. The molecule has 0 bridgehead atoms. The molecule has 0 spiro atoms. The molecular weight excluding hydrogens is 500 g/mol. The van der Waals surface area contributed by atoms with E-state index in [1.807, 2.05) is 0 Å². The first kappa shape index (κ1) is 30.9. The van der Waals surface area contributed by atoms with Crippen molar-refractivity contribution in [2.75, 3.05) is 0 Å². The van der Waals surface area contributed by atoms with Crippen LogP contribution in [0.2, 0.25) is 0 Å². The van der Waals surface area contributed by atoms with Crippen molar-refractivity contribution < 1.29 is 10.2 Å². The zero-order chi connectivity index (χ0) is 28.2. The van der Waals surface area contributed by atoms with Gasteiger partial charge in [0.25, 0.3) is 0 Å². The molecule has 0 aromatic carbocycles. The molecule has 2 N–H and O–H groups in total. The van der Waals surface area contributed by atoms with Crippen molar-refractivity contribution >= 4 is 0 Å². The Hall–Kier alpha value is -0.0800. The molecule has 0 aromatic heterocycles. The summed E-state index contributed by atoms with van der Waals surface area (Å²) in [5, 5.41) is 24.1. The monoisotopic (exact) mass is 569 g/mol. The second-order valence-electron chi connectivity index (χ2n) is 16.8. The summed E-state index contributed by atoms with van der Waals surface area (Å²) >= 11 is 0. The third kappa shape index (κ3) is 7.10. The van der Waals surface area contributed by atoms with Crippen LogP contribution in [0.4, 0.5) is 0 Å². The third-order valence-corrected chi connectivity index (χ3v) is 14.8. The van der Waals surface area contributed by atoms with Crippen molar-refractivity contribution in [2.45, 2.75) is 180 Å². The number of rotatable bonds is 7. The van der Waals surface area contributed by atoms with E-state index >= 15 is 0 Å². The van der Waals surface area contributed by atoms with E-state index in [1.165, 1.54) is 161 Å². The maximum atomic E-state index is 12.0. The summed E-state index contributed by atoms with van der Waals surface area (Å²) in [4.78, 5) is 0. The summed E-state index contributed by atoms with van der Waals surface area (Å²) < 4.78 is 0. The van der Waals surface area contributed by atoms with Crippen LogP contribution in [-0.2, 0) is 0 Å². The van der Waals surface area contributed by atoms with Crippen LogP contribution in [0.25, 0.3) is 0 Å². The molecule has 41 heavy (non-hydrogen) atoms. The zero-order valence-electron chi connectivity index (χ0n) is 27.1. The molecule has 6 fully saturated rings. The third-order valence-electron chi connectivity index (χ3n) is 14.8. The van der Waals surface area contributed by atoms with E-state index in [-0.39, 0.29) is 12.2 Å². The lowest BCUT2D eigenvalue weighted by atomic mass is 9.54. The summed E-state index contributed by atoms with van der Waals surface area (Å²) in [5.41, 5.74) is 0. The van der Waals surface area contributed by atoms with Crippen LogP contribution in [0.3, 0.4) is 0 Å². The van der Waals surface area contributed by atoms with Crippen molar-refractivity contribution in [3.05, 3.63) is 0 Å². The minimum Gasteiger partial charge on any atom is -0.393 e. The first-order valence-electron chi connectivity index (χ1n) is 19.5. The Labute approximate surface area is 254 Å². The van der Waals surface area contributed by atoms with E-state index in [0.29, 0.717) is 23.7 Å². The molecule has 0 radical (unpaired) electrons. The van der Waals surface area contributed by atoms with Crippen LogP contribution in [0.15, 0.2) is 0 Å². The van der Waals surface area contributed by atoms with Gasteiger partial charge in [0.1, 0.15) is 0 Å². The fourth-order valence-electron chi connectivity index (χ4n) is 12.7. The fourth-order valence-corrected chi connectivity index (χ4v) is 12.7. The van der Waals surface area contributed by atoms with Crippen molar-refractivity contribution in [2.24, 2.45) is 65.1 Å². The topological polar surface area (TPSA) is 40.5 Å². The molecular formula is C39H68O2. The highest BCUT2D eigenvalue weighted by Gasteiger charge is 2.50. The standard InChI is InChI=1S/C39H68O2/c1-2-33(31-23-34(27-15-7-3-8-16-27)38(40)35(24-31)28-17-9-4-10-18-28)32-25-36(29-19-11-5-12-20-29)39(41)37(26-32)30-21-13-6-14-22-30/h27-41H,2-26H2,1H3. The summed E-state index contributed by atoms with van der Waals surface area (Å²) in [7, 11) is 0. The normalized spacial score (nSPS) is 42.2. The van der Waals surface area contributed by atoms with E-state index < -0.39 is 0 Å². The minimum absolute atomic E-state index is 0.0342. The molecule has 2 heteroatoms. The first-order valence-corrected chi connectivity index (χ1v) is 19.5. The smallest absolute Gasteiger partial charge is 0.0602 e. The van der Waals surface area contributed by atoms with Crippen molar-refractivity contribution in [1.29, 1.82) is 0 Å². The number of hydrogen-bond acceptors (Lipinski definition) is 2. The lowest BCUT2D eigenvalue weighted by molar-refractivity contribution is -0.0992. The molecule has 0 saturated heterocycles. The Morgan fingerprint density at radius 3 is 0.878 bits per heavy atom. The van der Waals surface area contributed by atoms with Gasteiger partial charge < -0.3 is 10.2 Å². The van der Waals surface area contributed by atoms with E-state index in [9.17, 15) is 10.2 Å². The van der Waals surface area contributed by atoms with Gasteiger partial charge in [0.15, 0.2) is 0 Å². The predicted molar refractivity (Wildman–Crippen MR) is 172 cm³/mol. The second-order valence-corrected chi connectivity index (χ2v) is 16.8. The molecule has 4 unspecified atom stereocenters. The van der Waals surface area contributed by atoms with E-state index in [2.05, 4.69) is 6.92 Å². The molecule has 6 rings (SSSR count). The van der Waals surface area contributed by atoms with Gasteiger partial charge in [0, 0.05) is 0 Å². The summed E-state index contributed by atoms with van der Waals surface area (Å²) in [5.74, 6) is 7.80. The predicted octanol–water partition coefficient (Wildman–Crippen LogP) is 10.3. The average molecular weight is 569 g/mol. The fraction of sp³-hybridized carbons (Fsp3) is 1.00. The van der Waals surface area contributed by atoms with Crippen LogP contribution >= 0.6 is 0 Å². The maximum absolute atomic E-state index is 12.0. The average Bonchev–Trinajstić information content (AvgIpc) is 3.04. The van der Waals surface area contributed by atoms with Gasteiger partial charge in [0.2, 0.25) is 0 Å². The van der Waals surface area contributed by atoms with Crippen LogP contribution in [0, 0.1) is 65.1 Å². The highest BCUT2D eigenvalue weighted by molar-refractivity contribution is 4.99. The maximum Gasteiger partial charge on any atom is 0.0602 e. The van der Waals surface area contributed by atoms with Crippen LogP contribution in [-0.4, -0.2) is 22.4 Å². The zero-order valence-corrected chi connectivity index (χ0v) is 27.1. The Kier molecular flexibility index (Phi) is 11.2. The highest BCUT2D eigenvalue weighted by atomic mass is 16.3. The molecule has 2 nitrogen and oxygen atoms in total. The molecule has 0 amide bonds. The van der Waals surface area contributed by atoms with Gasteiger partial charge in [0.05, 0.1) is 12.2 Å². The molecule has 0 aliphatic heterocycles. The minimum atomic E-state index is -0.0342. The molecule has 0 aromatic rings. The second kappa shape index (κ2) is 14.8.